The third-order valence-corrected chi connectivity index (χ3v) is 10.0. The smallest absolute Gasteiger partial charge is 0.327 e. The van der Waals surface area contributed by atoms with E-state index in [2.05, 4.69) is 10.6 Å². The number of esters is 1. The van der Waals surface area contributed by atoms with E-state index in [9.17, 15) is 24.6 Å². The molecule has 2 aromatic rings. The van der Waals surface area contributed by atoms with Crippen LogP contribution in [0.5, 0.6) is 0 Å². The van der Waals surface area contributed by atoms with Crippen molar-refractivity contribution >= 4 is 23.9 Å². The van der Waals surface area contributed by atoms with E-state index in [0.29, 0.717) is 12.8 Å². The lowest BCUT2D eigenvalue weighted by Gasteiger charge is -2.49. The maximum Gasteiger partial charge on any atom is 0.327 e. The number of rotatable bonds is 12. The summed E-state index contributed by atoms with van der Waals surface area (Å²) in [6.07, 6.45) is -0.409. The molecule has 3 aliphatic heterocycles. The Hall–Kier alpha value is -3.89. The molecule has 8 unspecified atom stereocenters. The van der Waals surface area contributed by atoms with Crippen LogP contribution in [0.3, 0.4) is 0 Å². The third-order valence-electron chi connectivity index (χ3n) is 10.0. The minimum Gasteiger partial charge on any atom is -0.499 e. The van der Waals surface area contributed by atoms with Gasteiger partial charge in [-0.2, -0.15) is 5.06 Å². The normalized spacial score (nSPS) is 30.4. The second-order valence-corrected chi connectivity index (χ2v) is 13.3. The molecule has 14 nitrogen and oxygen atoms in total. The molecule has 5 aliphatic rings. The molecule has 2 aliphatic carbocycles. The molecule has 262 valence electrons. The zero-order chi connectivity index (χ0) is 34.3. The molecule has 14 heteroatoms. The van der Waals surface area contributed by atoms with Gasteiger partial charge in [-0.15, -0.1) is 0 Å². The van der Waals surface area contributed by atoms with Crippen molar-refractivity contribution in [2.75, 3.05) is 26.4 Å². The number of nitrogens with one attached hydrogen (secondary N) is 2. The lowest BCUT2D eigenvalue weighted by atomic mass is 9.62. The SMILES string of the molecule is CC(O)C(NC(=O)C12CC3OC(=O)C1N(Cc1cccc(C=COCCO)c1)OC2C1OC2(Cc4ccccc4C2)OC31)C(=O)NCCO. The van der Waals surface area contributed by atoms with Gasteiger partial charge in [-0.3, -0.25) is 19.2 Å². The summed E-state index contributed by atoms with van der Waals surface area (Å²) >= 11 is 0. The minimum absolute atomic E-state index is 0.0414. The molecule has 2 aromatic carbocycles. The summed E-state index contributed by atoms with van der Waals surface area (Å²) in [5.41, 5.74) is 2.17. The predicted octanol–water partition coefficient (Wildman–Crippen LogP) is -0.281. The van der Waals surface area contributed by atoms with Crippen molar-refractivity contribution in [1.29, 1.82) is 0 Å². The molecule has 49 heavy (non-hydrogen) atoms. The number of aliphatic hydroxyl groups excluding tert-OH is 3. The van der Waals surface area contributed by atoms with Crippen molar-refractivity contribution in [3.8, 4) is 0 Å². The monoisotopic (exact) mass is 679 g/mol. The zero-order valence-corrected chi connectivity index (χ0v) is 27.0. The van der Waals surface area contributed by atoms with Gasteiger partial charge in [0.1, 0.15) is 42.5 Å². The zero-order valence-electron chi connectivity index (χ0n) is 27.0. The lowest BCUT2D eigenvalue weighted by molar-refractivity contribution is -0.217. The van der Waals surface area contributed by atoms with Gasteiger partial charge in [-0.05, 0) is 35.3 Å². The Morgan fingerprint density at radius 1 is 1.08 bits per heavy atom. The summed E-state index contributed by atoms with van der Waals surface area (Å²) in [6.45, 7) is 1.13. The number of nitrogens with zero attached hydrogens (tertiary/aromatic N) is 1. The van der Waals surface area contributed by atoms with Gasteiger partial charge in [0.2, 0.25) is 11.8 Å². The average Bonchev–Trinajstić information content (AvgIpc) is 3.76. The van der Waals surface area contributed by atoms with Crippen LogP contribution in [-0.2, 0) is 57.6 Å². The highest BCUT2D eigenvalue weighted by molar-refractivity contribution is 5.96. The molecular formula is C35H41N3O11. The molecule has 3 heterocycles. The fourth-order valence-electron chi connectivity index (χ4n) is 7.95. The number of aliphatic hydroxyl groups is 3. The summed E-state index contributed by atoms with van der Waals surface area (Å²) < 4.78 is 24.7. The molecule has 0 aromatic heterocycles. The van der Waals surface area contributed by atoms with E-state index >= 15 is 0 Å². The van der Waals surface area contributed by atoms with Crippen LogP contribution >= 0.6 is 0 Å². The lowest BCUT2D eigenvalue weighted by Crippen LogP contribution is -2.71. The number of amides is 2. The van der Waals surface area contributed by atoms with Crippen molar-refractivity contribution in [3.05, 3.63) is 77.0 Å². The van der Waals surface area contributed by atoms with Gasteiger partial charge in [-0.25, -0.2) is 0 Å². The summed E-state index contributed by atoms with van der Waals surface area (Å²) in [7, 11) is 0. The molecule has 2 bridgehead atoms. The molecule has 5 N–H and O–H groups in total. The van der Waals surface area contributed by atoms with E-state index in [0.717, 1.165) is 22.3 Å². The first-order chi connectivity index (χ1) is 23.7. The number of hydrogen-bond donors (Lipinski definition) is 5. The third kappa shape index (κ3) is 6.01. The Labute approximate surface area is 282 Å². The molecule has 0 radical (unpaired) electrons. The first-order valence-electron chi connectivity index (χ1n) is 16.6. The van der Waals surface area contributed by atoms with Crippen LogP contribution in [0.4, 0.5) is 0 Å². The van der Waals surface area contributed by atoms with E-state index in [1.54, 1.807) is 6.08 Å². The predicted molar refractivity (Wildman–Crippen MR) is 170 cm³/mol. The van der Waals surface area contributed by atoms with Gasteiger partial charge in [0, 0.05) is 25.8 Å². The van der Waals surface area contributed by atoms with Crippen LogP contribution in [0.2, 0.25) is 0 Å². The van der Waals surface area contributed by atoms with E-state index in [1.807, 2.05) is 48.5 Å². The second kappa shape index (κ2) is 13.4. The largest absolute Gasteiger partial charge is 0.499 e. The van der Waals surface area contributed by atoms with Crippen LogP contribution in [0.25, 0.3) is 6.08 Å². The number of ether oxygens (including phenoxy) is 4. The van der Waals surface area contributed by atoms with Gasteiger partial charge >= 0.3 is 5.97 Å². The Morgan fingerprint density at radius 2 is 1.84 bits per heavy atom. The van der Waals surface area contributed by atoms with Gasteiger partial charge < -0.3 is 44.9 Å². The van der Waals surface area contributed by atoms with Crippen LogP contribution in [0.15, 0.2) is 54.8 Å². The number of hydroxylamine groups is 2. The van der Waals surface area contributed by atoms with E-state index < -0.39 is 71.6 Å². The summed E-state index contributed by atoms with van der Waals surface area (Å²) in [5, 5.41) is 35.4. The summed E-state index contributed by atoms with van der Waals surface area (Å²) in [4.78, 5) is 48.2. The molecule has 2 amide bonds. The van der Waals surface area contributed by atoms with E-state index in [4.69, 9.17) is 28.9 Å². The number of fused-ring (bicyclic) bond motifs is 5. The molecule has 1 saturated carbocycles. The second-order valence-electron chi connectivity index (χ2n) is 13.3. The van der Waals surface area contributed by atoms with Gasteiger partial charge in [0.25, 0.3) is 0 Å². The topological polar surface area (TPSA) is 185 Å². The number of carbonyl (C=O) groups is 3. The highest BCUT2D eigenvalue weighted by atomic mass is 16.8. The fraction of sp³-hybridized carbons (Fsp3) is 0.514. The van der Waals surface area contributed by atoms with Crippen LogP contribution < -0.4 is 10.6 Å². The highest BCUT2D eigenvalue weighted by Gasteiger charge is 2.76. The number of carbonyl (C=O) groups excluding carboxylic acids is 3. The first-order valence-corrected chi connectivity index (χ1v) is 16.6. The van der Waals surface area contributed by atoms with Gasteiger partial charge in [-0.1, -0.05) is 48.5 Å². The Bertz CT molecular complexity index is 1590. The van der Waals surface area contributed by atoms with Crippen molar-refractivity contribution in [2.45, 2.75) is 81.1 Å². The number of benzene rings is 2. The molecule has 4 fully saturated rings. The first kappa shape index (κ1) is 33.6. The van der Waals surface area contributed by atoms with Crippen molar-refractivity contribution in [3.63, 3.8) is 0 Å². The minimum atomic E-state index is -1.57. The van der Waals surface area contributed by atoms with E-state index in [-0.39, 0.29) is 39.3 Å². The van der Waals surface area contributed by atoms with Crippen LogP contribution in [0.1, 0.15) is 35.6 Å². The van der Waals surface area contributed by atoms with Crippen molar-refractivity contribution < 1.29 is 53.5 Å². The highest BCUT2D eigenvalue weighted by Crippen LogP contribution is 2.58. The molecule has 8 atom stereocenters. The van der Waals surface area contributed by atoms with Gasteiger partial charge in [0.15, 0.2) is 11.8 Å². The average molecular weight is 680 g/mol. The summed E-state index contributed by atoms with van der Waals surface area (Å²) in [6, 6.07) is 12.8. The van der Waals surface area contributed by atoms with Crippen molar-refractivity contribution in [1.82, 2.24) is 15.7 Å². The Kier molecular flexibility index (Phi) is 9.21. The standard InChI is InChI=1S/C35H41N3O11/c1-20(41)26(31(42)36-10-11-39)37-33(44)35-18-25-27-28(48-34(47-27)16-23-7-2-3-8-24(23)17-34)30(35)49-38(29(35)32(43)46-25)19-22-6-4-5-21(15-22)9-13-45-14-12-40/h2-9,13,15,20,25-30,39-41H,10-12,14,16-19H2,1H3,(H,36,42)(H,37,44). The molecular weight excluding hydrogens is 638 g/mol. The molecule has 3 saturated heterocycles. The maximum absolute atomic E-state index is 14.6. The number of hydrogen-bond acceptors (Lipinski definition) is 12. The quantitative estimate of drug-likeness (QED) is 0.113. The van der Waals surface area contributed by atoms with E-state index in [1.165, 1.54) is 18.2 Å². The van der Waals surface area contributed by atoms with Crippen molar-refractivity contribution in [2.24, 2.45) is 5.41 Å². The Balaban J connectivity index is 1.22. The molecule has 1 spiro atoms. The molecule has 7 rings (SSSR count). The van der Waals surface area contributed by atoms with Crippen LogP contribution in [0, 0.1) is 5.41 Å². The van der Waals surface area contributed by atoms with Crippen LogP contribution in [-0.4, -0.2) is 113 Å². The Morgan fingerprint density at radius 3 is 2.55 bits per heavy atom. The maximum atomic E-state index is 14.6. The fourth-order valence-corrected chi connectivity index (χ4v) is 7.95. The summed E-state index contributed by atoms with van der Waals surface area (Å²) in [5.74, 6) is -3.04. The van der Waals surface area contributed by atoms with Gasteiger partial charge in [0.05, 0.1) is 32.1 Å².